The molecule has 3 aromatic rings. The first kappa shape index (κ1) is 17.5. The molecule has 134 valence electrons. The molecule has 2 N–H and O–H groups in total. The minimum atomic E-state index is -0.740. The van der Waals surface area contributed by atoms with Crippen LogP contribution in [-0.2, 0) is 0 Å². The maximum atomic E-state index is 13.6. The number of rotatable bonds is 3. The summed E-state index contributed by atoms with van der Waals surface area (Å²) < 4.78 is 15.4. The highest BCUT2D eigenvalue weighted by Crippen LogP contribution is 2.19. The molecule has 0 bridgehead atoms. The van der Waals surface area contributed by atoms with E-state index in [4.69, 9.17) is 0 Å². The van der Waals surface area contributed by atoms with Gasteiger partial charge in [0.05, 0.1) is 23.0 Å². The first-order valence-electron chi connectivity index (χ1n) is 8.08. The average Bonchev–Trinajstić information content (AvgIpc) is 3.02. The van der Waals surface area contributed by atoms with Crippen LogP contribution in [0.15, 0.2) is 36.5 Å². The van der Waals surface area contributed by atoms with E-state index < -0.39 is 17.6 Å². The Morgan fingerprint density at radius 3 is 2.42 bits per heavy atom. The first-order valence-corrected chi connectivity index (χ1v) is 8.08. The number of amides is 2. The Kier molecular flexibility index (Phi) is 4.66. The lowest BCUT2D eigenvalue weighted by atomic mass is 10.1. The summed E-state index contributed by atoms with van der Waals surface area (Å²) in [6.45, 7) is 5.68. The maximum Gasteiger partial charge on any atom is 0.272 e. The average molecular weight is 355 g/mol. The molecule has 0 aliphatic carbocycles. The van der Waals surface area contributed by atoms with E-state index in [1.54, 1.807) is 23.9 Å². The van der Waals surface area contributed by atoms with Gasteiger partial charge in [-0.1, -0.05) is 12.1 Å². The summed E-state index contributed by atoms with van der Waals surface area (Å²) in [5.74, 6) is -1.95. The van der Waals surface area contributed by atoms with E-state index in [2.05, 4.69) is 20.9 Å². The van der Waals surface area contributed by atoms with Gasteiger partial charge < -0.3 is 0 Å². The fourth-order valence-corrected chi connectivity index (χ4v) is 2.57. The van der Waals surface area contributed by atoms with Gasteiger partial charge in [0.15, 0.2) is 5.65 Å². The van der Waals surface area contributed by atoms with Gasteiger partial charge in [0.1, 0.15) is 5.82 Å². The molecule has 1 aromatic carbocycles. The highest BCUT2D eigenvalue weighted by molar-refractivity contribution is 6.01. The zero-order chi connectivity index (χ0) is 18.8. The Hall–Kier alpha value is -3.29. The number of fused-ring (bicyclic) bond motifs is 1. The molecule has 0 fully saturated rings. The van der Waals surface area contributed by atoms with Crippen LogP contribution >= 0.6 is 0 Å². The van der Waals surface area contributed by atoms with Gasteiger partial charge in [-0.2, -0.15) is 5.10 Å². The molecule has 0 unspecified atom stereocenters. The molecule has 0 aliphatic rings. The summed E-state index contributed by atoms with van der Waals surface area (Å²) in [5, 5.41) is 4.99. The second-order valence-corrected chi connectivity index (χ2v) is 6.11. The molecule has 2 heterocycles. The van der Waals surface area contributed by atoms with E-state index in [9.17, 15) is 14.0 Å². The van der Waals surface area contributed by atoms with Gasteiger partial charge in [0, 0.05) is 11.4 Å². The third-order valence-corrected chi connectivity index (χ3v) is 3.90. The molecule has 2 aromatic heterocycles. The normalized spacial score (nSPS) is 11.0. The number of carbonyl (C=O) groups excluding carboxylic acids is 2. The molecular formula is C18H18FN5O2. The molecule has 0 saturated heterocycles. The van der Waals surface area contributed by atoms with Gasteiger partial charge in [0.25, 0.3) is 11.8 Å². The number of aromatic nitrogens is 3. The van der Waals surface area contributed by atoms with E-state index in [1.807, 2.05) is 13.8 Å². The van der Waals surface area contributed by atoms with Crippen LogP contribution in [0.2, 0.25) is 0 Å². The third kappa shape index (κ3) is 3.26. The van der Waals surface area contributed by atoms with Gasteiger partial charge >= 0.3 is 0 Å². The van der Waals surface area contributed by atoms with Crippen LogP contribution in [0.1, 0.15) is 46.3 Å². The summed E-state index contributed by atoms with van der Waals surface area (Å²) in [4.78, 5) is 28.8. The Labute approximate surface area is 149 Å². The van der Waals surface area contributed by atoms with E-state index in [0.717, 1.165) is 5.39 Å². The molecule has 3 rings (SSSR count). The number of hydrazine groups is 1. The number of benzene rings is 1. The lowest BCUT2D eigenvalue weighted by Crippen LogP contribution is -2.42. The zero-order valence-corrected chi connectivity index (χ0v) is 14.6. The number of pyridine rings is 1. The van der Waals surface area contributed by atoms with Crippen LogP contribution in [0.3, 0.4) is 0 Å². The molecule has 0 spiro atoms. The Bertz CT molecular complexity index is 996. The lowest BCUT2D eigenvalue weighted by molar-refractivity contribution is 0.0843. The van der Waals surface area contributed by atoms with Crippen molar-refractivity contribution in [3.05, 3.63) is 59.2 Å². The van der Waals surface area contributed by atoms with Crippen LogP contribution in [0.5, 0.6) is 0 Å². The van der Waals surface area contributed by atoms with E-state index in [-0.39, 0.29) is 11.6 Å². The number of aryl methyl sites for hydroxylation is 1. The fraction of sp³-hybridized carbons (Fsp3) is 0.222. The minimum absolute atomic E-state index is 0.138. The Balaban J connectivity index is 1.79. The quantitative estimate of drug-likeness (QED) is 0.707. The van der Waals surface area contributed by atoms with Crippen LogP contribution in [-0.4, -0.2) is 26.6 Å². The van der Waals surface area contributed by atoms with Crippen molar-refractivity contribution >= 4 is 22.8 Å². The number of hydrogen-bond acceptors (Lipinski definition) is 4. The summed E-state index contributed by atoms with van der Waals surface area (Å²) in [5.41, 5.74) is 5.82. The second kappa shape index (κ2) is 6.91. The highest BCUT2D eigenvalue weighted by atomic mass is 19.1. The minimum Gasteiger partial charge on any atom is -0.267 e. The SMILES string of the molecule is Cc1nc2c(cnn2C(C)C)cc1C(=O)NNC(=O)c1ccccc1F. The van der Waals surface area contributed by atoms with E-state index in [0.29, 0.717) is 16.9 Å². The van der Waals surface area contributed by atoms with E-state index in [1.165, 1.54) is 24.3 Å². The van der Waals surface area contributed by atoms with E-state index >= 15 is 0 Å². The maximum absolute atomic E-state index is 13.6. The standard InChI is InChI=1S/C18H18FN5O2/c1-10(2)24-16-12(9-20-24)8-14(11(3)21-16)18(26)23-22-17(25)13-6-4-5-7-15(13)19/h4-10H,1-3H3,(H,22,25)(H,23,26). The molecule has 0 radical (unpaired) electrons. The first-order chi connectivity index (χ1) is 12.4. The summed E-state index contributed by atoms with van der Waals surface area (Å²) in [6, 6.07) is 7.31. The number of carbonyl (C=O) groups is 2. The number of nitrogens with one attached hydrogen (secondary N) is 2. The van der Waals surface area contributed by atoms with Gasteiger partial charge in [-0.05, 0) is 39.0 Å². The Morgan fingerprint density at radius 2 is 1.77 bits per heavy atom. The summed E-state index contributed by atoms with van der Waals surface area (Å²) in [7, 11) is 0. The topological polar surface area (TPSA) is 88.9 Å². The highest BCUT2D eigenvalue weighted by Gasteiger charge is 2.17. The van der Waals surface area contributed by atoms with Gasteiger partial charge in [0.2, 0.25) is 0 Å². The van der Waals surface area contributed by atoms with Gasteiger partial charge in [-0.3, -0.25) is 20.4 Å². The van der Waals surface area contributed by atoms with Crippen molar-refractivity contribution in [3.63, 3.8) is 0 Å². The van der Waals surface area contributed by atoms with Crippen LogP contribution in [0.25, 0.3) is 11.0 Å². The molecule has 2 amide bonds. The van der Waals surface area contributed by atoms with Crippen molar-refractivity contribution in [2.75, 3.05) is 0 Å². The summed E-state index contributed by atoms with van der Waals surface area (Å²) >= 11 is 0. The number of halogens is 1. The smallest absolute Gasteiger partial charge is 0.267 e. The number of hydrogen-bond donors (Lipinski definition) is 2. The number of nitrogens with zero attached hydrogens (tertiary/aromatic N) is 3. The van der Waals surface area contributed by atoms with Gasteiger partial charge in [-0.15, -0.1) is 0 Å². The predicted octanol–water partition coefficient (Wildman–Crippen LogP) is 2.53. The second-order valence-electron chi connectivity index (χ2n) is 6.11. The molecule has 0 saturated carbocycles. The molecule has 8 heteroatoms. The summed E-state index contributed by atoms with van der Waals surface area (Å²) in [6.07, 6.45) is 1.64. The van der Waals surface area contributed by atoms with Crippen molar-refractivity contribution in [2.45, 2.75) is 26.8 Å². The third-order valence-electron chi connectivity index (χ3n) is 3.90. The molecule has 7 nitrogen and oxygen atoms in total. The monoisotopic (exact) mass is 355 g/mol. The largest absolute Gasteiger partial charge is 0.272 e. The Morgan fingerprint density at radius 1 is 1.12 bits per heavy atom. The molecule has 0 aliphatic heterocycles. The predicted molar refractivity (Wildman–Crippen MR) is 94.0 cm³/mol. The fourth-order valence-electron chi connectivity index (χ4n) is 2.57. The van der Waals surface area contributed by atoms with Crippen LogP contribution < -0.4 is 10.9 Å². The van der Waals surface area contributed by atoms with Crippen molar-refractivity contribution in [2.24, 2.45) is 0 Å². The lowest BCUT2D eigenvalue weighted by Gasteiger charge is -2.11. The molecular weight excluding hydrogens is 337 g/mol. The van der Waals surface area contributed by atoms with Crippen molar-refractivity contribution in [1.29, 1.82) is 0 Å². The van der Waals surface area contributed by atoms with Crippen LogP contribution in [0, 0.1) is 12.7 Å². The molecule has 0 atom stereocenters. The van der Waals surface area contributed by atoms with Gasteiger partial charge in [-0.25, -0.2) is 14.1 Å². The van der Waals surface area contributed by atoms with Crippen molar-refractivity contribution < 1.29 is 14.0 Å². The van der Waals surface area contributed by atoms with Crippen molar-refractivity contribution in [1.82, 2.24) is 25.6 Å². The van der Waals surface area contributed by atoms with Crippen LogP contribution in [0.4, 0.5) is 4.39 Å². The molecule has 26 heavy (non-hydrogen) atoms. The van der Waals surface area contributed by atoms with Crippen molar-refractivity contribution in [3.8, 4) is 0 Å². The zero-order valence-electron chi connectivity index (χ0n) is 14.6.